The normalized spacial score (nSPS) is 13.2. The Hall–Kier alpha value is -2.48. The van der Waals surface area contributed by atoms with E-state index >= 15 is 0 Å². The molecule has 0 radical (unpaired) electrons. The van der Waals surface area contributed by atoms with Crippen LogP contribution in [-0.2, 0) is 6.42 Å². The van der Waals surface area contributed by atoms with Gasteiger partial charge in [0.05, 0.1) is 5.69 Å². The number of nitrogens with zero attached hydrogens (tertiary/aromatic N) is 5. The predicted molar refractivity (Wildman–Crippen MR) is 79.1 cm³/mol. The summed E-state index contributed by atoms with van der Waals surface area (Å²) >= 11 is 0. The summed E-state index contributed by atoms with van der Waals surface area (Å²) in [6.45, 7) is 0.694. The first kappa shape index (κ1) is 13.5. The largest absolute Gasteiger partial charge is 0.347 e. The molecule has 0 unspecified atom stereocenters. The number of fused-ring (bicyclic) bond motifs is 1. The molecule has 1 aliphatic heterocycles. The van der Waals surface area contributed by atoms with Gasteiger partial charge < -0.3 is 9.80 Å². The van der Waals surface area contributed by atoms with E-state index in [4.69, 9.17) is 5.84 Å². The first-order valence-electron chi connectivity index (χ1n) is 6.54. The lowest BCUT2D eigenvalue weighted by Gasteiger charge is -2.19. The Morgan fingerprint density at radius 3 is 2.81 bits per heavy atom. The van der Waals surface area contributed by atoms with Crippen LogP contribution in [0.2, 0.25) is 0 Å². The molecule has 0 amide bonds. The summed E-state index contributed by atoms with van der Waals surface area (Å²) in [5, 5.41) is 0. The zero-order valence-electron chi connectivity index (χ0n) is 11.8. The van der Waals surface area contributed by atoms with Crippen LogP contribution >= 0.6 is 0 Å². The average molecular weight is 289 g/mol. The van der Waals surface area contributed by atoms with Crippen molar-refractivity contribution in [3.05, 3.63) is 29.6 Å². The second kappa shape index (κ2) is 5.13. The molecule has 0 atom stereocenters. The predicted octanol–water partition coefficient (Wildman–Crippen LogP) is 1.06. The maximum Gasteiger partial charge on any atom is 0.243 e. The maximum absolute atomic E-state index is 13.5. The molecule has 2 heterocycles. The summed E-state index contributed by atoms with van der Waals surface area (Å²) in [6.07, 6.45) is 0.823. The molecule has 110 valence electrons. The lowest BCUT2D eigenvalue weighted by atomic mass is 10.2. The number of benzene rings is 1. The highest BCUT2D eigenvalue weighted by molar-refractivity contribution is 5.66. The summed E-state index contributed by atoms with van der Waals surface area (Å²) in [6, 6.07) is 4.76. The van der Waals surface area contributed by atoms with Gasteiger partial charge in [-0.05, 0) is 24.1 Å². The quantitative estimate of drug-likeness (QED) is 0.645. The second-order valence-corrected chi connectivity index (χ2v) is 4.97. The molecule has 2 aromatic rings. The molecule has 3 N–H and O–H groups in total. The van der Waals surface area contributed by atoms with Gasteiger partial charge in [-0.15, -0.1) is 0 Å². The number of hydrogen-bond donors (Lipinski definition) is 2. The van der Waals surface area contributed by atoms with Gasteiger partial charge in [-0.3, -0.25) is 5.43 Å². The second-order valence-electron chi connectivity index (χ2n) is 4.97. The summed E-state index contributed by atoms with van der Waals surface area (Å²) < 4.78 is 13.5. The molecule has 1 aliphatic rings. The lowest BCUT2D eigenvalue weighted by molar-refractivity contribution is 0.628. The number of hydrogen-bond acceptors (Lipinski definition) is 7. The highest BCUT2D eigenvalue weighted by Crippen LogP contribution is 2.33. The summed E-state index contributed by atoms with van der Waals surface area (Å²) in [4.78, 5) is 16.5. The molecule has 0 saturated carbocycles. The van der Waals surface area contributed by atoms with Gasteiger partial charge >= 0.3 is 0 Å². The van der Waals surface area contributed by atoms with Gasteiger partial charge in [0.2, 0.25) is 17.8 Å². The zero-order chi connectivity index (χ0) is 15.0. The van der Waals surface area contributed by atoms with E-state index in [1.807, 2.05) is 19.0 Å². The Kier molecular flexibility index (Phi) is 3.30. The van der Waals surface area contributed by atoms with E-state index < -0.39 is 0 Å². The Morgan fingerprint density at radius 2 is 2.10 bits per heavy atom. The van der Waals surface area contributed by atoms with Crippen molar-refractivity contribution in [1.82, 2.24) is 15.0 Å². The van der Waals surface area contributed by atoms with Gasteiger partial charge in [0.1, 0.15) is 5.82 Å². The van der Waals surface area contributed by atoms with Crippen LogP contribution in [0.3, 0.4) is 0 Å². The fourth-order valence-corrected chi connectivity index (χ4v) is 2.30. The summed E-state index contributed by atoms with van der Waals surface area (Å²) in [5.41, 5.74) is 4.29. The van der Waals surface area contributed by atoms with Crippen LogP contribution in [0.5, 0.6) is 0 Å². The van der Waals surface area contributed by atoms with Crippen molar-refractivity contribution in [2.24, 2.45) is 5.84 Å². The molecule has 3 rings (SSSR count). The number of nitrogens with one attached hydrogen (secondary N) is 1. The minimum atomic E-state index is -0.278. The van der Waals surface area contributed by atoms with Crippen LogP contribution in [0, 0.1) is 5.82 Å². The van der Waals surface area contributed by atoms with Crippen LogP contribution in [0.25, 0.3) is 0 Å². The molecular formula is C13H16FN7. The van der Waals surface area contributed by atoms with Crippen molar-refractivity contribution in [2.45, 2.75) is 6.42 Å². The van der Waals surface area contributed by atoms with Crippen molar-refractivity contribution in [1.29, 1.82) is 0 Å². The van der Waals surface area contributed by atoms with Crippen molar-refractivity contribution < 1.29 is 4.39 Å². The Balaban J connectivity index is 2.06. The number of hydrazine groups is 1. The van der Waals surface area contributed by atoms with Crippen LogP contribution in [-0.4, -0.2) is 35.6 Å². The molecule has 1 aromatic heterocycles. The fourth-order valence-electron chi connectivity index (χ4n) is 2.30. The molecular weight excluding hydrogens is 273 g/mol. The third kappa shape index (κ3) is 2.45. The smallest absolute Gasteiger partial charge is 0.243 e. The molecule has 21 heavy (non-hydrogen) atoms. The third-order valence-electron chi connectivity index (χ3n) is 3.33. The van der Waals surface area contributed by atoms with Gasteiger partial charge in [-0.2, -0.15) is 15.0 Å². The minimum Gasteiger partial charge on any atom is -0.347 e. The number of aromatic nitrogens is 3. The number of nitrogen functional groups attached to an aromatic ring is 1. The third-order valence-corrected chi connectivity index (χ3v) is 3.33. The highest BCUT2D eigenvalue weighted by atomic mass is 19.1. The highest BCUT2D eigenvalue weighted by Gasteiger charge is 2.24. The molecule has 7 nitrogen and oxygen atoms in total. The van der Waals surface area contributed by atoms with Crippen molar-refractivity contribution in [3.63, 3.8) is 0 Å². The minimum absolute atomic E-state index is 0.272. The Bertz CT molecular complexity index is 674. The first-order chi connectivity index (χ1) is 10.1. The Morgan fingerprint density at radius 1 is 1.29 bits per heavy atom. The number of anilines is 4. The topological polar surface area (TPSA) is 83.2 Å². The van der Waals surface area contributed by atoms with Crippen LogP contribution in [0.1, 0.15) is 5.56 Å². The molecule has 0 bridgehead atoms. The molecule has 0 saturated heterocycles. The van der Waals surface area contributed by atoms with Crippen LogP contribution < -0.4 is 21.1 Å². The fraction of sp³-hybridized carbons (Fsp3) is 0.308. The van der Waals surface area contributed by atoms with E-state index in [-0.39, 0.29) is 11.8 Å². The molecule has 8 heteroatoms. The van der Waals surface area contributed by atoms with Crippen molar-refractivity contribution in [2.75, 3.05) is 35.9 Å². The van der Waals surface area contributed by atoms with E-state index in [1.165, 1.54) is 12.1 Å². The lowest BCUT2D eigenvalue weighted by Crippen LogP contribution is -2.22. The van der Waals surface area contributed by atoms with Gasteiger partial charge in [0.25, 0.3) is 0 Å². The van der Waals surface area contributed by atoms with Crippen LogP contribution in [0.15, 0.2) is 18.2 Å². The zero-order valence-corrected chi connectivity index (χ0v) is 11.8. The van der Waals surface area contributed by atoms with Gasteiger partial charge in [0, 0.05) is 20.6 Å². The first-order valence-corrected chi connectivity index (χ1v) is 6.54. The van der Waals surface area contributed by atoms with Gasteiger partial charge in [-0.25, -0.2) is 10.2 Å². The van der Waals surface area contributed by atoms with E-state index in [9.17, 15) is 4.39 Å². The molecule has 1 aromatic carbocycles. The van der Waals surface area contributed by atoms with E-state index in [1.54, 1.807) is 11.0 Å². The number of halogens is 1. The van der Waals surface area contributed by atoms with Crippen molar-refractivity contribution in [3.8, 4) is 0 Å². The summed E-state index contributed by atoms with van der Waals surface area (Å²) in [7, 11) is 3.66. The maximum atomic E-state index is 13.5. The SMILES string of the molecule is CN(C)c1nc(NN)nc(N2CCc3ccc(F)cc32)n1. The monoisotopic (exact) mass is 289 g/mol. The summed E-state index contributed by atoms with van der Waals surface area (Å²) in [5.74, 6) is 6.33. The number of nitrogens with two attached hydrogens (primary N) is 1. The van der Waals surface area contributed by atoms with Gasteiger partial charge in [-0.1, -0.05) is 6.07 Å². The molecule has 0 aliphatic carbocycles. The van der Waals surface area contributed by atoms with E-state index in [0.717, 1.165) is 17.7 Å². The average Bonchev–Trinajstić information content (AvgIpc) is 2.89. The van der Waals surface area contributed by atoms with E-state index in [0.29, 0.717) is 18.4 Å². The van der Waals surface area contributed by atoms with Crippen molar-refractivity contribution >= 4 is 23.5 Å². The molecule has 0 spiro atoms. The standard InChI is InChI=1S/C13H16FN7/c1-20(2)12-16-11(19-15)17-13(18-12)21-6-5-8-3-4-9(14)7-10(8)21/h3-4,7H,5-6,15H2,1-2H3,(H,16,17,18,19). The molecule has 0 fully saturated rings. The van der Waals surface area contributed by atoms with Crippen LogP contribution in [0.4, 0.5) is 27.9 Å². The van der Waals surface area contributed by atoms with E-state index in [2.05, 4.69) is 20.4 Å². The Labute approximate surface area is 121 Å². The number of rotatable bonds is 3. The van der Waals surface area contributed by atoms with Gasteiger partial charge in [0.15, 0.2) is 0 Å².